The van der Waals surface area contributed by atoms with Crippen LogP contribution in [0.3, 0.4) is 0 Å². The van der Waals surface area contributed by atoms with Crippen LogP contribution < -0.4 is 15.4 Å². The minimum Gasteiger partial charge on any atom is -0.497 e. The van der Waals surface area contributed by atoms with Crippen LogP contribution in [-0.4, -0.2) is 19.6 Å². The number of amides is 1. The summed E-state index contributed by atoms with van der Waals surface area (Å²) >= 11 is 0. The van der Waals surface area contributed by atoms with Gasteiger partial charge in [0.1, 0.15) is 17.4 Å². The molecule has 0 aliphatic carbocycles. The summed E-state index contributed by atoms with van der Waals surface area (Å²) in [6.45, 7) is 4.70. The van der Waals surface area contributed by atoms with E-state index in [0.717, 1.165) is 47.4 Å². The third-order valence-corrected chi connectivity index (χ3v) is 4.54. The van der Waals surface area contributed by atoms with E-state index in [1.54, 1.807) is 7.11 Å². The fourth-order valence-corrected chi connectivity index (χ4v) is 2.95. The number of carbonyl (C=O) groups is 1. The summed E-state index contributed by atoms with van der Waals surface area (Å²) in [5, 5.41) is 15.4. The molecule has 0 spiro atoms. The molecule has 0 aliphatic heterocycles. The number of rotatable bonds is 9. The number of hydrogen-bond donors (Lipinski definition) is 2. The van der Waals surface area contributed by atoms with Crippen molar-refractivity contribution in [3.8, 4) is 11.8 Å². The fraction of sp³-hybridized carbons (Fsp3) is 0.304. The SMILES string of the molecule is CCc1cccc(CC)c1NC(=O)/C(C#N)=C\NCCc1cccc(OC)c1. The first-order valence-corrected chi connectivity index (χ1v) is 9.51. The second-order valence-electron chi connectivity index (χ2n) is 6.34. The molecule has 2 aromatic carbocycles. The molecular formula is C23H27N3O2. The maximum absolute atomic E-state index is 12.6. The highest BCUT2D eigenvalue weighted by Crippen LogP contribution is 2.23. The van der Waals surface area contributed by atoms with Crippen LogP contribution in [0.15, 0.2) is 54.2 Å². The molecule has 2 aromatic rings. The van der Waals surface area contributed by atoms with E-state index in [1.807, 2.05) is 62.4 Å². The predicted octanol–water partition coefficient (Wildman–Crippen LogP) is 4.00. The van der Waals surface area contributed by atoms with Gasteiger partial charge in [-0.05, 0) is 48.1 Å². The smallest absolute Gasteiger partial charge is 0.267 e. The van der Waals surface area contributed by atoms with Gasteiger partial charge in [0.15, 0.2) is 0 Å². The van der Waals surface area contributed by atoms with E-state index in [9.17, 15) is 10.1 Å². The lowest BCUT2D eigenvalue weighted by Gasteiger charge is -2.14. The van der Waals surface area contributed by atoms with Crippen molar-refractivity contribution in [1.29, 1.82) is 5.26 Å². The van der Waals surface area contributed by atoms with E-state index >= 15 is 0 Å². The summed E-state index contributed by atoms with van der Waals surface area (Å²) < 4.78 is 5.21. The van der Waals surface area contributed by atoms with Crippen LogP contribution in [0.2, 0.25) is 0 Å². The van der Waals surface area contributed by atoms with Gasteiger partial charge in [0.25, 0.3) is 5.91 Å². The fourth-order valence-electron chi connectivity index (χ4n) is 2.95. The third kappa shape index (κ3) is 5.62. The zero-order valence-electron chi connectivity index (χ0n) is 16.7. The van der Waals surface area contributed by atoms with Crippen molar-refractivity contribution in [3.63, 3.8) is 0 Å². The standard InChI is InChI=1S/C23H27N3O2/c1-4-18-9-7-10-19(5-2)22(18)26-23(27)20(15-24)16-25-13-12-17-8-6-11-21(14-17)28-3/h6-11,14,16,25H,4-5,12-13H2,1-3H3,(H,26,27)/b20-16-. The zero-order valence-corrected chi connectivity index (χ0v) is 16.7. The lowest BCUT2D eigenvalue weighted by atomic mass is 10.0. The van der Waals surface area contributed by atoms with Crippen LogP contribution in [0.4, 0.5) is 5.69 Å². The highest BCUT2D eigenvalue weighted by atomic mass is 16.5. The largest absolute Gasteiger partial charge is 0.497 e. The summed E-state index contributed by atoms with van der Waals surface area (Å²) in [4.78, 5) is 12.6. The van der Waals surface area contributed by atoms with E-state index in [1.165, 1.54) is 6.20 Å². The van der Waals surface area contributed by atoms with Crippen LogP contribution in [0.25, 0.3) is 0 Å². The van der Waals surface area contributed by atoms with Crippen LogP contribution in [0.5, 0.6) is 5.75 Å². The Kier molecular flexibility index (Phi) is 8.11. The highest BCUT2D eigenvalue weighted by Gasteiger charge is 2.13. The number of nitrogens with one attached hydrogen (secondary N) is 2. The first-order chi connectivity index (χ1) is 13.6. The van der Waals surface area contributed by atoms with Crippen molar-refractivity contribution in [2.45, 2.75) is 33.1 Å². The number of aryl methyl sites for hydroxylation is 2. The maximum atomic E-state index is 12.6. The molecule has 0 unspecified atom stereocenters. The minimum atomic E-state index is -0.396. The van der Waals surface area contributed by atoms with Crippen molar-refractivity contribution in [1.82, 2.24) is 5.32 Å². The van der Waals surface area contributed by atoms with Gasteiger partial charge < -0.3 is 15.4 Å². The molecule has 0 aromatic heterocycles. The zero-order chi connectivity index (χ0) is 20.4. The normalized spacial score (nSPS) is 10.9. The van der Waals surface area contributed by atoms with E-state index in [-0.39, 0.29) is 5.57 Å². The summed E-state index contributed by atoms with van der Waals surface area (Å²) in [5.74, 6) is 0.415. The van der Waals surface area contributed by atoms with Gasteiger partial charge in [-0.3, -0.25) is 4.79 Å². The Morgan fingerprint density at radius 3 is 2.43 bits per heavy atom. The van der Waals surface area contributed by atoms with E-state index in [4.69, 9.17) is 4.74 Å². The average Bonchev–Trinajstić information content (AvgIpc) is 2.73. The highest BCUT2D eigenvalue weighted by molar-refractivity contribution is 6.07. The number of para-hydroxylation sites is 1. The first-order valence-electron chi connectivity index (χ1n) is 9.51. The van der Waals surface area contributed by atoms with Crippen molar-refractivity contribution in [3.05, 3.63) is 70.9 Å². The Hall–Kier alpha value is -3.26. The second kappa shape index (κ2) is 10.8. The maximum Gasteiger partial charge on any atom is 0.267 e. The molecule has 28 heavy (non-hydrogen) atoms. The summed E-state index contributed by atoms with van der Waals surface area (Å²) in [6, 6.07) is 15.8. The van der Waals surface area contributed by atoms with E-state index in [0.29, 0.717) is 6.54 Å². The van der Waals surface area contributed by atoms with Gasteiger partial charge in [-0.25, -0.2) is 0 Å². The number of nitrogens with zero attached hydrogens (tertiary/aromatic N) is 1. The Balaban J connectivity index is 2.00. The number of carbonyl (C=O) groups excluding carboxylic acids is 1. The molecule has 146 valence electrons. The van der Waals surface area contributed by atoms with Gasteiger partial charge in [-0.1, -0.05) is 44.2 Å². The molecule has 0 atom stereocenters. The van der Waals surface area contributed by atoms with Crippen LogP contribution >= 0.6 is 0 Å². The number of anilines is 1. The molecule has 2 N–H and O–H groups in total. The second-order valence-corrected chi connectivity index (χ2v) is 6.34. The Morgan fingerprint density at radius 2 is 1.82 bits per heavy atom. The van der Waals surface area contributed by atoms with Crippen LogP contribution in [0.1, 0.15) is 30.5 Å². The molecule has 1 amide bonds. The molecule has 0 bridgehead atoms. The van der Waals surface area contributed by atoms with Gasteiger partial charge in [0, 0.05) is 18.4 Å². The molecule has 0 saturated carbocycles. The van der Waals surface area contributed by atoms with Gasteiger partial charge >= 0.3 is 0 Å². The topological polar surface area (TPSA) is 74.2 Å². The van der Waals surface area contributed by atoms with Crippen LogP contribution in [0, 0.1) is 11.3 Å². The molecule has 0 fully saturated rings. The molecule has 0 radical (unpaired) electrons. The average molecular weight is 377 g/mol. The number of ether oxygens (including phenoxy) is 1. The van der Waals surface area contributed by atoms with Gasteiger partial charge in [0.05, 0.1) is 7.11 Å². The lowest BCUT2D eigenvalue weighted by molar-refractivity contribution is -0.112. The summed E-state index contributed by atoms with van der Waals surface area (Å²) in [7, 11) is 1.64. The van der Waals surface area contributed by atoms with Gasteiger partial charge in [-0.2, -0.15) is 5.26 Å². The minimum absolute atomic E-state index is 0.0543. The molecule has 5 nitrogen and oxygen atoms in total. The summed E-state index contributed by atoms with van der Waals surface area (Å²) in [5.41, 5.74) is 4.12. The molecule has 0 saturated heterocycles. The van der Waals surface area contributed by atoms with Crippen molar-refractivity contribution in [2.24, 2.45) is 0 Å². The Morgan fingerprint density at radius 1 is 1.14 bits per heavy atom. The Bertz CT molecular complexity index is 859. The number of hydrogen-bond acceptors (Lipinski definition) is 4. The molecular weight excluding hydrogens is 350 g/mol. The van der Waals surface area contributed by atoms with E-state index < -0.39 is 5.91 Å². The van der Waals surface area contributed by atoms with Crippen molar-refractivity contribution in [2.75, 3.05) is 19.0 Å². The number of methoxy groups -OCH3 is 1. The molecule has 5 heteroatoms. The lowest BCUT2D eigenvalue weighted by Crippen LogP contribution is -2.19. The van der Waals surface area contributed by atoms with Crippen molar-refractivity contribution >= 4 is 11.6 Å². The molecule has 0 heterocycles. The number of benzene rings is 2. The third-order valence-electron chi connectivity index (χ3n) is 4.54. The molecule has 2 rings (SSSR count). The van der Waals surface area contributed by atoms with Crippen LogP contribution in [-0.2, 0) is 24.1 Å². The summed E-state index contributed by atoms with van der Waals surface area (Å²) in [6.07, 6.45) is 3.87. The molecule has 0 aliphatic rings. The quantitative estimate of drug-likeness (QED) is 0.394. The van der Waals surface area contributed by atoms with Crippen molar-refractivity contribution < 1.29 is 9.53 Å². The number of nitriles is 1. The monoisotopic (exact) mass is 377 g/mol. The van der Waals surface area contributed by atoms with E-state index in [2.05, 4.69) is 10.6 Å². The Labute approximate surface area is 167 Å². The predicted molar refractivity (Wildman–Crippen MR) is 112 cm³/mol. The first kappa shape index (κ1) is 21.0. The van der Waals surface area contributed by atoms with Gasteiger partial charge in [-0.15, -0.1) is 0 Å². The van der Waals surface area contributed by atoms with Gasteiger partial charge in [0.2, 0.25) is 0 Å².